The molecule has 0 spiro atoms. The predicted molar refractivity (Wildman–Crippen MR) is 77.9 cm³/mol. The average molecular weight is 282 g/mol. The Balaban J connectivity index is 2.16. The normalized spacial score (nSPS) is 23.1. The minimum Gasteiger partial charge on any atom is -0.374 e. The fourth-order valence-corrected chi connectivity index (χ4v) is 2.76. The SMILES string of the molecule is CC(C)O[C@@H]1C[C@H](C(=O)CCl)N(c2ccccc2)C1. The zero-order valence-electron chi connectivity index (χ0n) is 11.4. The van der Waals surface area contributed by atoms with E-state index in [9.17, 15) is 4.79 Å². The van der Waals surface area contributed by atoms with Gasteiger partial charge >= 0.3 is 0 Å². The number of ketones is 1. The van der Waals surface area contributed by atoms with Crippen molar-refractivity contribution in [2.24, 2.45) is 0 Å². The van der Waals surface area contributed by atoms with Crippen LogP contribution >= 0.6 is 11.6 Å². The number of benzene rings is 1. The summed E-state index contributed by atoms with van der Waals surface area (Å²) in [6.45, 7) is 4.78. The zero-order valence-corrected chi connectivity index (χ0v) is 12.1. The van der Waals surface area contributed by atoms with E-state index in [0.717, 1.165) is 18.7 Å². The molecule has 0 aromatic heterocycles. The van der Waals surface area contributed by atoms with Crippen LogP contribution in [0.15, 0.2) is 30.3 Å². The molecular formula is C15H20ClNO2. The fraction of sp³-hybridized carbons (Fsp3) is 0.533. The molecule has 0 saturated carbocycles. The van der Waals surface area contributed by atoms with Gasteiger partial charge in [0.15, 0.2) is 5.78 Å². The summed E-state index contributed by atoms with van der Waals surface area (Å²) in [6, 6.07) is 9.81. The minimum absolute atomic E-state index is 0.0579. The summed E-state index contributed by atoms with van der Waals surface area (Å²) < 4.78 is 5.85. The summed E-state index contributed by atoms with van der Waals surface area (Å²) in [6.07, 6.45) is 0.989. The van der Waals surface area contributed by atoms with Gasteiger partial charge in [-0.3, -0.25) is 4.79 Å². The highest BCUT2D eigenvalue weighted by atomic mass is 35.5. The number of alkyl halides is 1. The lowest BCUT2D eigenvalue weighted by atomic mass is 10.1. The molecule has 1 saturated heterocycles. The van der Waals surface area contributed by atoms with E-state index in [0.29, 0.717) is 0 Å². The van der Waals surface area contributed by atoms with Crippen molar-refractivity contribution in [3.05, 3.63) is 30.3 Å². The molecule has 0 bridgehead atoms. The van der Waals surface area contributed by atoms with Crippen LogP contribution < -0.4 is 4.90 Å². The molecule has 4 heteroatoms. The first-order chi connectivity index (χ1) is 9.11. The van der Waals surface area contributed by atoms with Crippen molar-refractivity contribution in [1.82, 2.24) is 0 Å². The number of carbonyl (C=O) groups excluding carboxylic acids is 1. The molecular weight excluding hydrogens is 262 g/mol. The molecule has 1 aliphatic rings. The second kappa shape index (κ2) is 6.40. The summed E-state index contributed by atoms with van der Waals surface area (Å²) in [5, 5.41) is 0. The second-order valence-electron chi connectivity index (χ2n) is 5.15. The highest BCUT2D eigenvalue weighted by Crippen LogP contribution is 2.28. The third kappa shape index (κ3) is 3.48. The van der Waals surface area contributed by atoms with Crippen molar-refractivity contribution in [2.75, 3.05) is 17.3 Å². The minimum atomic E-state index is -0.163. The Hall–Kier alpha value is -1.06. The van der Waals surface area contributed by atoms with Gasteiger partial charge in [-0.1, -0.05) is 18.2 Å². The number of hydrogen-bond acceptors (Lipinski definition) is 3. The van der Waals surface area contributed by atoms with Crippen LogP contribution in [0.5, 0.6) is 0 Å². The Bertz CT molecular complexity index is 421. The third-order valence-corrected chi connectivity index (χ3v) is 3.58. The molecule has 0 N–H and O–H groups in total. The molecule has 0 unspecified atom stereocenters. The summed E-state index contributed by atoms with van der Waals surface area (Å²) in [7, 11) is 0. The molecule has 104 valence electrons. The zero-order chi connectivity index (χ0) is 13.8. The molecule has 1 heterocycles. The number of halogens is 1. The Labute approximate surface area is 119 Å². The van der Waals surface area contributed by atoms with E-state index in [-0.39, 0.29) is 29.9 Å². The summed E-state index contributed by atoms with van der Waals surface area (Å²) in [4.78, 5) is 14.1. The van der Waals surface area contributed by atoms with Crippen LogP contribution in [0, 0.1) is 0 Å². The van der Waals surface area contributed by atoms with E-state index >= 15 is 0 Å². The van der Waals surface area contributed by atoms with Crippen LogP contribution in [0.4, 0.5) is 5.69 Å². The lowest BCUT2D eigenvalue weighted by molar-refractivity contribution is -0.118. The molecule has 0 amide bonds. The number of Topliss-reactive ketones (excluding diaryl/α,β-unsaturated/α-hetero) is 1. The van der Waals surface area contributed by atoms with Crippen molar-refractivity contribution in [2.45, 2.75) is 38.5 Å². The maximum absolute atomic E-state index is 12.0. The smallest absolute Gasteiger partial charge is 0.169 e. The van der Waals surface area contributed by atoms with Crippen LogP contribution in [0.25, 0.3) is 0 Å². The monoisotopic (exact) mass is 281 g/mol. The van der Waals surface area contributed by atoms with E-state index < -0.39 is 0 Å². The second-order valence-corrected chi connectivity index (χ2v) is 5.41. The van der Waals surface area contributed by atoms with Gasteiger partial charge in [0.05, 0.1) is 24.1 Å². The lowest BCUT2D eigenvalue weighted by Gasteiger charge is -2.25. The van der Waals surface area contributed by atoms with Gasteiger partial charge in [0.2, 0.25) is 0 Å². The van der Waals surface area contributed by atoms with Crippen molar-refractivity contribution in [3.8, 4) is 0 Å². The van der Waals surface area contributed by atoms with E-state index in [1.54, 1.807) is 0 Å². The maximum atomic E-state index is 12.0. The molecule has 19 heavy (non-hydrogen) atoms. The quantitative estimate of drug-likeness (QED) is 0.777. The van der Waals surface area contributed by atoms with Gasteiger partial charge in [-0.2, -0.15) is 0 Å². The number of ether oxygens (including phenoxy) is 1. The largest absolute Gasteiger partial charge is 0.374 e. The highest BCUT2D eigenvalue weighted by Gasteiger charge is 2.37. The Kier molecular flexibility index (Phi) is 4.83. The number of anilines is 1. The molecule has 1 fully saturated rings. The van der Waals surface area contributed by atoms with Crippen LogP contribution in [0.1, 0.15) is 20.3 Å². The number of carbonyl (C=O) groups is 1. The van der Waals surface area contributed by atoms with Crippen LogP contribution in [0.2, 0.25) is 0 Å². The van der Waals surface area contributed by atoms with Crippen molar-refractivity contribution in [1.29, 1.82) is 0 Å². The standard InChI is InChI=1S/C15H20ClNO2/c1-11(2)19-13-8-14(15(18)9-16)17(10-13)12-6-4-3-5-7-12/h3-7,11,13-14H,8-10H2,1-2H3/t13-,14-/m1/s1. The van der Waals surface area contributed by atoms with Crippen molar-refractivity contribution in [3.63, 3.8) is 0 Å². The van der Waals surface area contributed by atoms with Gasteiger partial charge in [-0.25, -0.2) is 0 Å². The molecule has 1 aliphatic heterocycles. The average Bonchev–Trinajstić information content (AvgIpc) is 2.82. The first-order valence-electron chi connectivity index (χ1n) is 6.67. The van der Waals surface area contributed by atoms with Gasteiger partial charge < -0.3 is 9.64 Å². The number of nitrogens with zero attached hydrogens (tertiary/aromatic N) is 1. The van der Waals surface area contributed by atoms with Crippen LogP contribution in [-0.2, 0) is 9.53 Å². The van der Waals surface area contributed by atoms with Gasteiger partial charge in [0, 0.05) is 18.7 Å². The number of hydrogen-bond donors (Lipinski definition) is 0. The molecule has 0 radical (unpaired) electrons. The Morgan fingerprint density at radius 3 is 2.68 bits per heavy atom. The van der Waals surface area contributed by atoms with E-state index in [1.807, 2.05) is 44.2 Å². The van der Waals surface area contributed by atoms with Gasteiger partial charge in [0.1, 0.15) is 0 Å². The first-order valence-corrected chi connectivity index (χ1v) is 7.21. The summed E-state index contributed by atoms with van der Waals surface area (Å²) in [5.74, 6) is 0.128. The van der Waals surface area contributed by atoms with Gasteiger partial charge in [-0.15, -0.1) is 11.6 Å². The molecule has 1 aromatic rings. The topological polar surface area (TPSA) is 29.5 Å². The fourth-order valence-electron chi connectivity index (χ4n) is 2.58. The van der Waals surface area contributed by atoms with E-state index in [4.69, 9.17) is 16.3 Å². The lowest BCUT2D eigenvalue weighted by Crippen LogP contribution is -2.36. The third-order valence-electron chi connectivity index (χ3n) is 3.32. The highest BCUT2D eigenvalue weighted by molar-refractivity contribution is 6.28. The van der Waals surface area contributed by atoms with E-state index in [1.165, 1.54) is 0 Å². The van der Waals surface area contributed by atoms with Gasteiger partial charge in [-0.05, 0) is 26.0 Å². The predicted octanol–water partition coefficient (Wildman–Crippen LogP) is 2.87. The molecule has 0 aliphatic carbocycles. The van der Waals surface area contributed by atoms with Gasteiger partial charge in [0.25, 0.3) is 0 Å². The molecule has 1 aromatic carbocycles. The first kappa shape index (κ1) is 14.4. The van der Waals surface area contributed by atoms with Crippen molar-refractivity contribution >= 4 is 23.1 Å². The number of rotatable bonds is 5. The maximum Gasteiger partial charge on any atom is 0.169 e. The number of para-hydroxylation sites is 1. The van der Waals surface area contributed by atoms with Crippen LogP contribution in [0.3, 0.4) is 0 Å². The van der Waals surface area contributed by atoms with Crippen molar-refractivity contribution < 1.29 is 9.53 Å². The molecule has 2 rings (SSSR count). The van der Waals surface area contributed by atoms with E-state index in [2.05, 4.69) is 4.90 Å². The molecule has 2 atom stereocenters. The van der Waals surface area contributed by atoms with Crippen LogP contribution in [-0.4, -0.2) is 36.5 Å². The summed E-state index contributed by atoms with van der Waals surface area (Å²) >= 11 is 5.72. The molecule has 3 nitrogen and oxygen atoms in total. The Morgan fingerprint density at radius 1 is 1.42 bits per heavy atom. The summed E-state index contributed by atoms with van der Waals surface area (Å²) in [5.41, 5.74) is 1.06. The Morgan fingerprint density at radius 2 is 2.11 bits per heavy atom.